The van der Waals surface area contributed by atoms with Gasteiger partial charge in [0.15, 0.2) is 5.58 Å². The Morgan fingerprint density at radius 3 is 2.67 bits per heavy atom. The van der Waals surface area contributed by atoms with Crippen LogP contribution in [0.1, 0.15) is 39.0 Å². The van der Waals surface area contributed by atoms with Gasteiger partial charge in [0, 0.05) is 19.2 Å². The summed E-state index contributed by atoms with van der Waals surface area (Å²) in [7, 11) is -2.42. The minimum Gasteiger partial charge on any atom is -0.408 e. The van der Waals surface area contributed by atoms with Crippen molar-refractivity contribution in [3.8, 4) is 0 Å². The predicted molar refractivity (Wildman–Crippen MR) is 118 cm³/mol. The van der Waals surface area contributed by atoms with Crippen LogP contribution in [-0.4, -0.2) is 43.0 Å². The minimum absolute atomic E-state index is 0.0437. The van der Waals surface area contributed by atoms with Crippen LogP contribution < -0.4 is 15.8 Å². The molecule has 0 saturated heterocycles. The normalized spacial score (nSPS) is 20.9. The molecule has 1 amide bonds. The third-order valence-corrected chi connectivity index (χ3v) is 7.77. The fourth-order valence-corrected chi connectivity index (χ4v) is 5.44. The quantitative estimate of drug-likeness (QED) is 0.632. The van der Waals surface area contributed by atoms with E-state index in [4.69, 9.17) is 4.42 Å². The molecule has 0 radical (unpaired) electrons. The molecule has 2 aromatic rings. The monoisotopic (exact) mass is 455 g/mol. The van der Waals surface area contributed by atoms with Gasteiger partial charge in [-0.25, -0.2) is 13.2 Å². The molecule has 1 fully saturated rings. The summed E-state index contributed by atoms with van der Waals surface area (Å²) in [6, 6.07) is 3.47. The summed E-state index contributed by atoms with van der Waals surface area (Å²) >= 11 is 1.55. The number of thioether (sulfide) groups is 1. The van der Waals surface area contributed by atoms with Gasteiger partial charge in [-0.1, -0.05) is 6.92 Å². The summed E-state index contributed by atoms with van der Waals surface area (Å²) in [5.74, 6) is 0.456. The largest absolute Gasteiger partial charge is 0.419 e. The third-order valence-electron chi connectivity index (χ3n) is 5.66. The molecule has 0 spiro atoms. The first kappa shape index (κ1) is 22.9. The molecule has 1 atom stereocenters. The Labute approximate surface area is 180 Å². The summed E-state index contributed by atoms with van der Waals surface area (Å²) in [6.45, 7) is 2.21. The molecule has 0 aliphatic heterocycles. The molecule has 8 nitrogen and oxygen atoms in total. The summed E-state index contributed by atoms with van der Waals surface area (Å²) < 4.78 is 34.9. The second kappa shape index (κ2) is 9.57. The van der Waals surface area contributed by atoms with E-state index in [0.29, 0.717) is 23.6 Å². The molecular weight excluding hydrogens is 426 g/mol. The van der Waals surface area contributed by atoms with Crippen LogP contribution in [0.2, 0.25) is 0 Å². The maximum absolute atomic E-state index is 13.0. The van der Waals surface area contributed by atoms with E-state index in [2.05, 4.69) is 17.0 Å². The summed E-state index contributed by atoms with van der Waals surface area (Å²) in [4.78, 5) is 24.5. The maximum Gasteiger partial charge on any atom is 0.419 e. The molecule has 2 N–H and O–H groups in total. The van der Waals surface area contributed by atoms with Crippen LogP contribution in [-0.2, 0) is 21.9 Å². The van der Waals surface area contributed by atoms with Crippen LogP contribution in [0.3, 0.4) is 0 Å². The smallest absolute Gasteiger partial charge is 0.408 e. The highest BCUT2D eigenvalue weighted by atomic mass is 32.2. The number of hydrogen-bond donors (Lipinski definition) is 2. The lowest BCUT2D eigenvalue weighted by atomic mass is 9.87. The molecule has 0 unspecified atom stereocenters. The number of aryl methyl sites for hydroxylation is 1. The van der Waals surface area contributed by atoms with Crippen molar-refractivity contribution < 1.29 is 17.6 Å². The van der Waals surface area contributed by atoms with E-state index < -0.39 is 21.8 Å². The number of fused-ring (bicyclic) bond motifs is 1. The number of nitrogens with zero attached hydrogens (tertiary/aromatic N) is 1. The van der Waals surface area contributed by atoms with Crippen molar-refractivity contribution in [3.63, 3.8) is 0 Å². The molecule has 1 aliphatic carbocycles. The fraction of sp³-hybridized carbons (Fsp3) is 0.600. The predicted octanol–water partition coefficient (Wildman–Crippen LogP) is 2.23. The molecule has 10 heteroatoms. The van der Waals surface area contributed by atoms with Gasteiger partial charge >= 0.3 is 5.76 Å². The Kier molecular flexibility index (Phi) is 7.30. The van der Waals surface area contributed by atoms with Gasteiger partial charge in [-0.3, -0.25) is 9.36 Å². The van der Waals surface area contributed by atoms with Gasteiger partial charge in [0.05, 0.1) is 10.4 Å². The number of oxazole rings is 1. The van der Waals surface area contributed by atoms with Gasteiger partial charge in [0.2, 0.25) is 15.9 Å². The van der Waals surface area contributed by atoms with Crippen LogP contribution in [0.5, 0.6) is 0 Å². The van der Waals surface area contributed by atoms with Crippen molar-refractivity contribution in [1.82, 2.24) is 14.6 Å². The van der Waals surface area contributed by atoms with Crippen molar-refractivity contribution in [2.45, 2.75) is 56.0 Å². The van der Waals surface area contributed by atoms with E-state index in [1.165, 1.54) is 22.8 Å². The lowest BCUT2D eigenvalue weighted by Gasteiger charge is -2.28. The summed E-state index contributed by atoms with van der Waals surface area (Å²) in [5, 5.41) is 3.02. The van der Waals surface area contributed by atoms with E-state index in [1.807, 2.05) is 6.26 Å². The standard InChI is InChI=1S/C20H29N3O5S2/c1-13-4-6-14(7-5-13)21-19(24)16(10-11-29-3)22-30(26,27)15-8-9-17-18(12-15)28-20(25)23(17)2/h8-9,12-14,16,22H,4-7,10-11H2,1-3H3,(H,21,24)/t13?,14?,16-/m0/s1. The molecule has 0 bridgehead atoms. The van der Waals surface area contributed by atoms with E-state index in [0.717, 1.165) is 25.7 Å². The number of nitrogens with one attached hydrogen (secondary N) is 2. The van der Waals surface area contributed by atoms with Crippen LogP contribution in [0.25, 0.3) is 11.1 Å². The highest BCUT2D eigenvalue weighted by Crippen LogP contribution is 2.24. The summed E-state index contributed by atoms with van der Waals surface area (Å²) in [6.07, 6.45) is 6.26. The van der Waals surface area contributed by atoms with E-state index in [1.54, 1.807) is 18.8 Å². The van der Waals surface area contributed by atoms with Gasteiger partial charge in [-0.2, -0.15) is 16.5 Å². The molecule has 1 aromatic heterocycles. The SMILES string of the molecule is CSCC[C@H](NS(=O)(=O)c1ccc2c(c1)oc(=O)n2C)C(=O)NC1CCC(C)CC1. The first-order chi connectivity index (χ1) is 14.2. The zero-order valence-electron chi connectivity index (χ0n) is 17.5. The van der Waals surface area contributed by atoms with E-state index in [9.17, 15) is 18.0 Å². The fourth-order valence-electron chi connectivity index (χ4n) is 3.72. The highest BCUT2D eigenvalue weighted by molar-refractivity contribution is 7.98. The Bertz CT molecular complexity index is 1050. The van der Waals surface area contributed by atoms with Crippen molar-refractivity contribution in [2.75, 3.05) is 12.0 Å². The second-order valence-electron chi connectivity index (χ2n) is 7.98. The minimum atomic E-state index is -3.97. The summed E-state index contributed by atoms with van der Waals surface area (Å²) in [5.41, 5.74) is 0.689. The van der Waals surface area contributed by atoms with Gasteiger partial charge < -0.3 is 9.73 Å². The maximum atomic E-state index is 13.0. The van der Waals surface area contributed by atoms with Crippen LogP contribution in [0.15, 0.2) is 32.3 Å². The number of rotatable bonds is 8. The number of amides is 1. The Morgan fingerprint density at radius 2 is 2.00 bits per heavy atom. The van der Waals surface area contributed by atoms with Crippen molar-refractivity contribution in [1.29, 1.82) is 0 Å². The Morgan fingerprint density at radius 1 is 1.30 bits per heavy atom. The van der Waals surface area contributed by atoms with Gasteiger partial charge in [-0.05, 0) is 62.2 Å². The first-order valence-electron chi connectivity index (χ1n) is 10.1. The van der Waals surface area contributed by atoms with Gasteiger partial charge in [0.25, 0.3) is 0 Å². The molecule has 1 saturated carbocycles. The molecule has 166 valence electrons. The number of hydrogen-bond acceptors (Lipinski definition) is 6. The Hall–Kier alpha value is -1.78. The van der Waals surface area contributed by atoms with Crippen molar-refractivity contribution in [2.24, 2.45) is 13.0 Å². The molecule has 1 aromatic carbocycles. The van der Waals surface area contributed by atoms with Gasteiger partial charge in [0.1, 0.15) is 6.04 Å². The average Bonchev–Trinajstić information content (AvgIpc) is 3.00. The number of sulfonamides is 1. The highest BCUT2D eigenvalue weighted by Gasteiger charge is 2.28. The molecule has 30 heavy (non-hydrogen) atoms. The number of benzene rings is 1. The second-order valence-corrected chi connectivity index (χ2v) is 10.7. The lowest BCUT2D eigenvalue weighted by Crippen LogP contribution is -2.50. The third kappa shape index (κ3) is 5.28. The Balaban J connectivity index is 1.77. The van der Waals surface area contributed by atoms with Crippen molar-refractivity contribution in [3.05, 3.63) is 28.7 Å². The number of carbonyl (C=O) groups is 1. The van der Waals surface area contributed by atoms with Crippen molar-refractivity contribution >= 4 is 38.8 Å². The number of aromatic nitrogens is 1. The first-order valence-corrected chi connectivity index (χ1v) is 13.0. The molecule has 3 rings (SSSR count). The van der Waals surface area contributed by atoms with E-state index >= 15 is 0 Å². The zero-order valence-corrected chi connectivity index (χ0v) is 19.1. The number of carbonyl (C=O) groups excluding carboxylic acids is 1. The molecule has 1 aliphatic rings. The average molecular weight is 456 g/mol. The van der Waals surface area contributed by atoms with Crippen LogP contribution >= 0.6 is 11.8 Å². The van der Waals surface area contributed by atoms with Gasteiger partial charge in [-0.15, -0.1) is 0 Å². The van der Waals surface area contributed by atoms with Crippen LogP contribution in [0.4, 0.5) is 0 Å². The van der Waals surface area contributed by atoms with E-state index in [-0.39, 0.29) is 22.4 Å². The lowest BCUT2D eigenvalue weighted by molar-refractivity contribution is -0.123. The topological polar surface area (TPSA) is 110 Å². The molecular formula is C20H29N3O5S2. The molecule has 1 heterocycles. The van der Waals surface area contributed by atoms with Crippen LogP contribution in [0, 0.1) is 5.92 Å². The zero-order chi connectivity index (χ0) is 21.9.